The molecule has 0 amide bonds. The van der Waals surface area contributed by atoms with Crippen molar-refractivity contribution in [2.75, 3.05) is 6.61 Å². The molecule has 4 rings (SSSR count). The van der Waals surface area contributed by atoms with E-state index in [-0.39, 0.29) is 47.8 Å². The third kappa shape index (κ3) is 3.09. The van der Waals surface area contributed by atoms with Crippen LogP contribution in [0.2, 0.25) is 0 Å². The number of allylic oxidation sites excluding steroid dienone is 1. The van der Waals surface area contributed by atoms with E-state index in [0.717, 1.165) is 6.42 Å². The SMILES string of the molecule is CC(=O)OCC(=O)[C@H]1[C@H](C)CC2C3C[C@H](F)C4=CC(=O)CC[C@]4(C)C3C(O)C[C@@]21C. The Labute approximate surface area is 177 Å². The van der Waals surface area contributed by atoms with Crippen molar-refractivity contribution in [2.24, 2.45) is 40.4 Å². The maximum Gasteiger partial charge on any atom is 0.303 e. The summed E-state index contributed by atoms with van der Waals surface area (Å²) >= 11 is 0. The number of Topliss-reactive ketones (excluding diaryl/α,β-unsaturated/α-hetero) is 1. The van der Waals surface area contributed by atoms with Gasteiger partial charge in [-0.25, -0.2) is 4.39 Å². The predicted molar refractivity (Wildman–Crippen MR) is 108 cm³/mol. The molecule has 4 aliphatic carbocycles. The molecule has 0 aliphatic heterocycles. The van der Waals surface area contributed by atoms with E-state index in [1.54, 1.807) is 0 Å². The molecule has 3 saturated carbocycles. The number of hydrogen-bond donors (Lipinski definition) is 1. The lowest BCUT2D eigenvalue weighted by Gasteiger charge is -2.60. The number of hydrogen-bond acceptors (Lipinski definition) is 5. The highest BCUT2D eigenvalue weighted by molar-refractivity contribution is 5.92. The van der Waals surface area contributed by atoms with E-state index in [1.165, 1.54) is 13.0 Å². The maximum absolute atomic E-state index is 15.4. The summed E-state index contributed by atoms with van der Waals surface area (Å²) in [5, 5.41) is 11.3. The predicted octanol–water partition coefficient (Wildman–Crippen LogP) is 3.43. The molecule has 0 aromatic carbocycles. The van der Waals surface area contributed by atoms with Gasteiger partial charge in [-0.05, 0) is 71.8 Å². The van der Waals surface area contributed by atoms with Crippen LogP contribution in [0.25, 0.3) is 0 Å². The number of carbonyl (C=O) groups is 3. The Balaban J connectivity index is 1.68. The largest absolute Gasteiger partial charge is 0.458 e. The number of fused-ring (bicyclic) bond motifs is 5. The minimum atomic E-state index is -1.18. The standard InChI is InChI=1S/C24H33FO5/c1-12-7-16-15-9-18(25)17-8-14(27)5-6-23(17,3)22(15)19(28)10-24(16,4)21(12)20(29)11-30-13(2)26/h8,12,15-16,18-19,21-22,28H,5-7,9-11H2,1-4H3/t12-,15?,16?,18+,19?,21-,22?,23+,24+/m1/s1. The minimum absolute atomic E-state index is 0.0238. The number of esters is 1. The van der Waals surface area contributed by atoms with Gasteiger partial charge in [0.2, 0.25) is 0 Å². The van der Waals surface area contributed by atoms with Crippen LogP contribution < -0.4 is 0 Å². The van der Waals surface area contributed by atoms with Gasteiger partial charge < -0.3 is 9.84 Å². The van der Waals surface area contributed by atoms with Gasteiger partial charge in [0.1, 0.15) is 12.8 Å². The second-order valence-electron chi connectivity index (χ2n) is 10.7. The van der Waals surface area contributed by atoms with Crippen LogP contribution in [-0.4, -0.2) is 41.5 Å². The summed E-state index contributed by atoms with van der Waals surface area (Å²) in [5.74, 6) is -0.833. The van der Waals surface area contributed by atoms with Crippen LogP contribution in [0.3, 0.4) is 0 Å². The average Bonchev–Trinajstić information content (AvgIpc) is 2.91. The number of aliphatic hydroxyl groups is 1. The topological polar surface area (TPSA) is 80.7 Å². The highest BCUT2D eigenvalue weighted by atomic mass is 19.1. The molecule has 166 valence electrons. The van der Waals surface area contributed by atoms with Gasteiger partial charge in [-0.15, -0.1) is 0 Å². The summed E-state index contributed by atoms with van der Waals surface area (Å²) in [6.45, 7) is 7.16. The zero-order valence-corrected chi connectivity index (χ0v) is 18.3. The first kappa shape index (κ1) is 21.7. The van der Waals surface area contributed by atoms with Crippen molar-refractivity contribution in [1.29, 1.82) is 0 Å². The normalized spacial score (nSPS) is 47.6. The lowest BCUT2D eigenvalue weighted by molar-refractivity contribution is -0.156. The van der Waals surface area contributed by atoms with Crippen LogP contribution in [0.1, 0.15) is 59.8 Å². The second-order valence-corrected chi connectivity index (χ2v) is 10.7. The quantitative estimate of drug-likeness (QED) is 0.708. The monoisotopic (exact) mass is 420 g/mol. The molecule has 3 fully saturated rings. The van der Waals surface area contributed by atoms with Crippen LogP contribution in [-0.2, 0) is 19.1 Å². The molecule has 0 aromatic heterocycles. The van der Waals surface area contributed by atoms with Gasteiger partial charge in [0, 0.05) is 19.3 Å². The molecule has 1 N–H and O–H groups in total. The molecular formula is C24H33FO5. The third-order valence-electron chi connectivity index (χ3n) is 8.98. The summed E-state index contributed by atoms with van der Waals surface area (Å²) in [7, 11) is 0. The van der Waals surface area contributed by atoms with Gasteiger partial charge in [0.05, 0.1) is 6.10 Å². The zero-order valence-electron chi connectivity index (χ0n) is 18.3. The van der Waals surface area contributed by atoms with E-state index in [0.29, 0.717) is 31.3 Å². The molecule has 9 atom stereocenters. The number of rotatable bonds is 3. The van der Waals surface area contributed by atoms with Crippen molar-refractivity contribution >= 4 is 17.5 Å². The molecule has 0 bridgehead atoms. The van der Waals surface area contributed by atoms with Gasteiger partial charge in [-0.3, -0.25) is 14.4 Å². The fraction of sp³-hybridized carbons (Fsp3) is 0.792. The van der Waals surface area contributed by atoms with Crippen LogP contribution in [0.15, 0.2) is 11.6 Å². The fourth-order valence-corrected chi connectivity index (χ4v) is 8.01. The maximum atomic E-state index is 15.4. The minimum Gasteiger partial charge on any atom is -0.458 e. The van der Waals surface area contributed by atoms with Gasteiger partial charge in [0.25, 0.3) is 0 Å². The smallest absolute Gasteiger partial charge is 0.303 e. The van der Waals surface area contributed by atoms with Crippen molar-refractivity contribution < 1.29 is 28.6 Å². The summed E-state index contributed by atoms with van der Waals surface area (Å²) in [6.07, 6.45) is 2.21. The third-order valence-corrected chi connectivity index (χ3v) is 8.98. The number of ether oxygens (including phenoxy) is 1. The summed E-state index contributed by atoms with van der Waals surface area (Å²) < 4.78 is 20.3. The first-order valence-electron chi connectivity index (χ1n) is 11.2. The first-order valence-corrected chi connectivity index (χ1v) is 11.2. The molecule has 0 saturated heterocycles. The van der Waals surface area contributed by atoms with E-state index in [4.69, 9.17) is 4.74 Å². The Morgan fingerprint density at radius 2 is 2.00 bits per heavy atom. The number of carbonyl (C=O) groups excluding carboxylic acids is 3. The zero-order chi connectivity index (χ0) is 22.0. The van der Waals surface area contributed by atoms with Crippen LogP contribution >= 0.6 is 0 Å². The van der Waals surface area contributed by atoms with Gasteiger partial charge >= 0.3 is 5.97 Å². The number of aliphatic hydroxyl groups excluding tert-OH is 1. The van der Waals surface area contributed by atoms with Crippen molar-refractivity contribution in [3.05, 3.63) is 11.6 Å². The Hall–Kier alpha value is -1.56. The second kappa shape index (κ2) is 7.25. The molecular weight excluding hydrogens is 387 g/mol. The van der Waals surface area contributed by atoms with Crippen LogP contribution in [0.4, 0.5) is 4.39 Å². The molecule has 0 spiro atoms. The summed E-state index contributed by atoms with van der Waals surface area (Å²) in [4.78, 5) is 36.2. The molecule has 0 heterocycles. The fourth-order valence-electron chi connectivity index (χ4n) is 8.01. The first-order chi connectivity index (χ1) is 14.0. The lowest BCUT2D eigenvalue weighted by atomic mass is 9.45. The Morgan fingerprint density at radius 1 is 1.30 bits per heavy atom. The van der Waals surface area contributed by atoms with Crippen molar-refractivity contribution in [2.45, 2.75) is 72.1 Å². The molecule has 30 heavy (non-hydrogen) atoms. The number of halogens is 1. The van der Waals surface area contributed by atoms with Crippen LogP contribution in [0.5, 0.6) is 0 Å². The Morgan fingerprint density at radius 3 is 2.67 bits per heavy atom. The van der Waals surface area contributed by atoms with Crippen molar-refractivity contribution in [3.8, 4) is 0 Å². The van der Waals surface area contributed by atoms with Gasteiger partial charge in [0.15, 0.2) is 11.6 Å². The van der Waals surface area contributed by atoms with E-state index < -0.39 is 29.1 Å². The Bertz CT molecular complexity index is 805. The van der Waals surface area contributed by atoms with E-state index in [2.05, 4.69) is 6.92 Å². The van der Waals surface area contributed by atoms with Gasteiger partial charge in [-0.2, -0.15) is 0 Å². The van der Waals surface area contributed by atoms with E-state index in [1.807, 2.05) is 13.8 Å². The van der Waals surface area contributed by atoms with E-state index in [9.17, 15) is 19.5 Å². The lowest BCUT2D eigenvalue weighted by Crippen LogP contribution is -2.59. The summed E-state index contributed by atoms with van der Waals surface area (Å²) in [5.41, 5.74) is -0.393. The number of ketones is 2. The number of alkyl halides is 1. The highest BCUT2D eigenvalue weighted by Gasteiger charge is 2.65. The average molecular weight is 421 g/mol. The van der Waals surface area contributed by atoms with Crippen molar-refractivity contribution in [1.82, 2.24) is 0 Å². The molecule has 4 aliphatic rings. The molecule has 6 heteroatoms. The van der Waals surface area contributed by atoms with Gasteiger partial charge in [-0.1, -0.05) is 20.8 Å². The van der Waals surface area contributed by atoms with E-state index >= 15 is 4.39 Å². The molecule has 5 nitrogen and oxygen atoms in total. The van der Waals surface area contributed by atoms with Crippen molar-refractivity contribution in [3.63, 3.8) is 0 Å². The Kier molecular flexibility index (Phi) is 5.23. The summed E-state index contributed by atoms with van der Waals surface area (Å²) in [6, 6.07) is 0. The highest BCUT2D eigenvalue weighted by Crippen LogP contribution is 2.68. The molecule has 0 radical (unpaired) electrons. The molecule has 0 aromatic rings. The van der Waals surface area contributed by atoms with Crippen LogP contribution in [0, 0.1) is 40.4 Å². The molecule has 4 unspecified atom stereocenters.